The minimum Gasteiger partial charge on any atom is -0.342 e. The predicted molar refractivity (Wildman–Crippen MR) is 79.0 cm³/mol. The zero-order valence-electron chi connectivity index (χ0n) is 11.4. The molecule has 2 aromatic rings. The van der Waals surface area contributed by atoms with E-state index in [9.17, 15) is 8.42 Å². The summed E-state index contributed by atoms with van der Waals surface area (Å²) in [4.78, 5) is 0. The van der Waals surface area contributed by atoms with E-state index in [-0.39, 0.29) is 11.5 Å². The Morgan fingerprint density at radius 1 is 1.26 bits per heavy atom. The lowest BCUT2D eigenvalue weighted by Crippen LogP contribution is -2.17. The topological polar surface area (TPSA) is 51.1 Å². The van der Waals surface area contributed by atoms with Gasteiger partial charge in [0.05, 0.1) is 5.75 Å². The minimum atomic E-state index is -2.94. The molecule has 104 valence electrons. The lowest BCUT2D eigenvalue weighted by atomic mass is 10.2. The Balaban J connectivity index is 2.36. The molecule has 5 heteroatoms. The van der Waals surface area contributed by atoms with E-state index in [4.69, 9.17) is 0 Å². The van der Waals surface area contributed by atoms with Gasteiger partial charge in [-0.3, -0.25) is 0 Å². The highest BCUT2D eigenvalue weighted by Crippen LogP contribution is 2.20. The normalized spacial score (nSPS) is 12.1. The monoisotopic (exact) mass is 280 g/mol. The molecule has 0 aliphatic rings. The van der Waals surface area contributed by atoms with Gasteiger partial charge in [0, 0.05) is 30.1 Å². The number of fused-ring (bicyclic) bond motifs is 1. The van der Waals surface area contributed by atoms with Gasteiger partial charge in [0.2, 0.25) is 0 Å². The van der Waals surface area contributed by atoms with Gasteiger partial charge >= 0.3 is 0 Å². The predicted octanol–water partition coefficient (Wildman–Crippen LogP) is 1.80. The number of hydrogen-bond donors (Lipinski definition) is 1. The molecule has 0 amide bonds. The molecule has 1 N–H and O–H groups in total. The summed E-state index contributed by atoms with van der Waals surface area (Å²) in [6, 6.07) is 10.2. The molecule has 0 saturated heterocycles. The molecule has 1 aromatic heterocycles. The molecule has 0 atom stereocenters. The molecule has 0 aliphatic carbocycles. The van der Waals surface area contributed by atoms with Crippen LogP contribution in [-0.2, 0) is 22.9 Å². The zero-order chi connectivity index (χ0) is 13.9. The van der Waals surface area contributed by atoms with Crippen molar-refractivity contribution in [2.75, 3.05) is 18.6 Å². The molecule has 1 aromatic carbocycles. The van der Waals surface area contributed by atoms with Crippen LogP contribution >= 0.6 is 0 Å². The second-order valence-corrected chi connectivity index (χ2v) is 7.09. The van der Waals surface area contributed by atoms with E-state index in [0.29, 0.717) is 6.54 Å². The van der Waals surface area contributed by atoms with E-state index >= 15 is 0 Å². The maximum absolute atomic E-state index is 11.7. The van der Waals surface area contributed by atoms with Gasteiger partial charge in [0.25, 0.3) is 0 Å². The van der Waals surface area contributed by atoms with Gasteiger partial charge in [-0.25, -0.2) is 8.42 Å². The van der Waals surface area contributed by atoms with E-state index in [2.05, 4.69) is 22.0 Å². The van der Waals surface area contributed by atoms with Crippen LogP contribution in [0.25, 0.3) is 10.9 Å². The van der Waals surface area contributed by atoms with E-state index < -0.39 is 9.84 Å². The lowest BCUT2D eigenvalue weighted by molar-refractivity contribution is 0.588. The van der Waals surface area contributed by atoms with E-state index in [0.717, 1.165) is 23.1 Å². The largest absolute Gasteiger partial charge is 0.342 e. The third-order valence-corrected chi connectivity index (χ3v) is 5.00. The smallest absolute Gasteiger partial charge is 0.151 e. The highest BCUT2D eigenvalue weighted by Gasteiger charge is 2.12. The number of nitrogens with zero attached hydrogens (tertiary/aromatic N) is 1. The Hall–Kier alpha value is -1.33. The maximum atomic E-state index is 11.7. The average molecular weight is 280 g/mol. The number of para-hydroxylation sites is 1. The van der Waals surface area contributed by atoms with Crippen LogP contribution in [0, 0.1) is 0 Å². The molecule has 0 spiro atoms. The number of nitrogens with one attached hydrogen (secondary N) is 1. The van der Waals surface area contributed by atoms with E-state index in [1.807, 2.05) is 25.2 Å². The number of aryl methyl sites for hydroxylation is 1. The van der Waals surface area contributed by atoms with Crippen LogP contribution in [0.4, 0.5) is 0 Å². The van der Waals surface area contributed by atoms with Crippen molar-refractivity contribution in [1.29, 1.82) is 0 Å². The van der Waals surface area contributed by atoms with Crippen LogP contribution in [0.3, 0.4) is 0 Å². The number of benzene rings is 1. The van der Waals surface area contributed by atoms with Crippen LogP contribution in [-0.4, -0.2) is 31.5 Å². The standard InChI is InChI=1S/C14H20N2O2S/c1-3-19(17,18)9-8-16-13(11-15-2)10-12-6-4-5-7-14(12)16/h4-7,10,15H,3,8-9,11H2,1-2H3. The summed E-state index contributed by atoms with van der Waals surface area (Å²) in [7, 11) is -1.04. The Morgan fingerprint density at radius 3 is 2.68 bits per heavy atom. The number of hydrogen-bond acceptors (Lipinski definition) is 3. The lowest BCUT2D eigenvalue weighted by Gasteiger charge is -2.10. The van der Waals surface area contributed by atoms with E-state index in [1.165, 1.54) is 0 Å². The van der Waals surface area contributed by atoms with E-state index in [1.54, 1.807) is 6.92 Å². The van der Waals surface area contributed by atoms with Crippen molar-refractivity contribution < 1.29 is 8.42 Å². The molecule has 0 fully saturated rings. The molecule has 1 heterocycles. The van der Waals surface area contributed by atoms with Crippen molar-refractivity contribution in [2.45, 2.75) is 20.0 Å². The molecule has 0 saturated carbocycles. The molecule has 0 bridgehead atoms. The first kappa shape index (κ1) is 14.1. The van der Waals surface area contributed by atoms with Gasteiger partial charge in [0.15, 0.2) is 9.84 Å². The van der Waals surface area contributed by atoms with Crippen LogP contribution in [0.1, 0.15) is 12.6 Å². The molecule has 2 rings (SSSR count). The van der Waals surface area contributed by atoms with Gasteiger partial charge in [-0.2, -0.15) is 0 Å². The Kier molecular flexibility index (Phi) is 4.27. The number of aromatic nitrogens is 1. The summed E-state index contributed by atoms with van der Waals surface area (Å²) < 4.78 is 25.4. The number of rotatable bonds is 6. The highest BCUT2D eigenvalue weighted by atomic mass is 32.2. The summed E-state index contributed by atoms with van der Waals surface area (Å²) in [6.45, 7) is 2.94. The SMILES string of the molecule is CCS(=O)(=O)CCn1c(CNC)cc2ccccc21. The maximum Gasteiger partial charge on any atom is 0.151 e. The van der Waals surface area contributed by atoms with Crippen molar-refractivity contribution in [3.05, 3.63) is 36.0 Å². The Bertz CT molecular complexity index is 659. The van der Waals surface area contributed by atoms with Crippen LogP contribution < -0.4 is 5.32 Å². The van der Waals surface area contributed by atoms with Crippen molar-refractivity contribution in [2.24, 2.45) is 0 Å². The first-order valence-electron chi connectivity index (χ1n) is 6.49. The molecular formula is C14H20N2O2S. The summed E-state index contributed by atoms with van der Waals surface area (Å²) in [5.74, 6) is 0.395. The first-order chi connectivity index (χ1) is 9.07. The van der Waals surface area contributed by atoms with Gasteiger partial charge in [0.1, 0.15) is 0 Å². The Morgan fingerprint density at radius 2 is 2.00 bits per heavy atom. The van der Waals surface area contributed by atoms with Crippen molar-refractivity contribution in [3.63, 3.8) is 0 Å². The van der Waals surface area contributed by atoms with Gasteiger partial charge in [-0.05, 0) is 24.6 Å². The zero-order valence-corrected chi connectivity index (χ0v) is 12.2. The third-order valence-electron chi connectivity index (χ3n) is 3.32. The van der Waals surface area contributed by atoms with Crippen molar-refractivity contribution in [1.82, 2.24) is 9.88 Å². The minimum absolute atomic E-state index is 0.193. The molecule has 0 aliphatic heterocycles. The molecule has 0 unspecified atom stereocenters. The third kappa shape index (κ3) is 3.16. The summed E-state index contributed by atoms with van der Waals surface area (Å²) in [5, 5.41) is 4.28. The Labute approximate surface area is 114 Å². The quantitative estimate of drug-likeness (QED) is 0.878. The first-order valence-corrected chi connectivity index (χ1v) is 8.31. The summed E-state index contributed by atoms with van der Waals surface area (Å²) in [5.41, 5.74) is 2.22. The van der Waals surface area contributed by atoms with Crippen molar-refractivity contribution >= 4 is 20.7 Å². The van der Waals surface area contributed by atoms with Crippen molar-refractivity contribution in [3.8, 4) is 0 Å². The van der Waals surface area contributed by atoms with Gasteiger partial charge in [-0.15, -0.1) is 0 Å². The van der Waals surface area contributed by atoms with Crippen LogP contribution in [0.2, 0.25) is 0 Å². The molecule has 4 nitrogen and oxygen atoms in total. The molecular weight excluding hydrogens is 260 g/mol. The van der Waals surface area contributed by atoms with Gasteiger partial charge < -0.3 is 9.88 Å². The second-order valence-electron chi connectivity index (χ2n) is 4.61. The summed E-state index contributed by atoms with van der Waals surface area (Å²) >= 11 is 0. The molecule has 0 radical (unpaired) electrons. The van der Waals surface area contributed by atoms with Crippen LogP contribution in [0.15, 0.2) is 30.3 Å². The fraction of sp³-hybridized carbons (Fsp3) is 0.429. The fourth-order valence-electron chi connectivity index (χ4n) is 2.23. The molecule has 19 heavy (non-hydrogen) atoms. The fourth-order valence-corrected chi connectivity index (χ4v) is 2.98. The average Bonchev–Trinajstić information content (AvgIpc) is 2.74. The summed E-state index contributed by atoms with van der Waals surface area (Å²) in [6.07, 6.45) is 0. The highest BCUT2D eigenvalue weighted by molar-refractivity contribution is 7.91. The van der Waals surface area contributed by atoms with Crippen LogP contribution in [0.5, 0.6) is 0 Å². The van der Waals surface area contributed by atoms with Gasteiger partial charge in [-0.1, -0.05) is 25.1 Å². The second kappa shape index (κ2) is 5.75. The number of sulfone groups is 1.